The van der Waals surface area contributed by atoms with Gasteiger partial charge in [0.05, 0.1) is 0 Å². The Morgan fingerprint density at radius 1 is 0.675 bits per heavy atom. The summed E-state index contributed by atoms with van der Waals surface area (Å²) >= 11 is 0. The summed E-state index contributed by atoms with van der Waals surface area (Å²) in [5.74, 6) is 0.298. The van der Waals surface area contributed by atoms with E-state index in [0.29, 0.717) is 19.3 Å². The third-order valence-electron chi connectivity index (χ3n) is 5.58. The van der Waals surface area contributed by atoms with E-state index in [1.54, 1.807) is 54.6 Å². The van der Waals surface area contributed by atoms with Crippen molar-refractivity contribution in [3.8, 4) is 17.2 Å². The van der Waals surface area contributed by atoms with Gasteiger partial charge in [0.2, 0.25) is 0 Å². The molecule has 4 heteroatoms. The molecule has 0 N–H and O–H groups in total. The first-order valence-corrected chi connectivity index (χ1v) is 13.3. The molecule has 0 saturated heterocycles. The van der Waals surface area contributed by atoms with Crippen LogP contribution in [0.15, 0.2) is 128 Å². The van der Waals surface area contributed by atoms with E-state index in [1.807, 2.05) is 36.4 Å². The molecule has 0 amide bonds. The molecule has 0 aliphatic heterocycles. The van der Waals surface area contributed by atoms with E-state index in [9.17, 15) is 15.3 Å². The normalized spacial score (nSPS) is 10.6. The van der Waals surface area contributed by atoms with Gasteiger partial charge in [-0.2, -0.15) is 6.08 Å². The van der Waals surface area contributed by atoms with E-state index in [1.165, 1.54) is 24.8 Å². The first-order valence-electron chi connectivity index (χ1n) is 13.3. The van der Waals surface area contributed by atoms with Crippen molar-refractivity contribution in [3.05, 3.63) is 151 Å². The molecule has 3 nitrogen and oxygen atoms in total. The quantitative estimate of drug-likeness (QED) is 0.134. The minimum absolute atomic E-state index is 0. The van der Waals surface area contributed by atoms with Crippen molar-refractivity contribution in [3.63, 3.8) is 0 Å². The molecule has 3 aromatic carbocycles. The summed E-state index contributed by atoms with van der Waals surface area (Å²) in [4.78, 5) is 0. The second-order valence-corrected chi connectivity index (χ2v) is 8.71. The minimum atomic E-state index is 0. The second kappa shape index (κ2) is 23.5. The maximum Gasteiger partial charge on any atom is 4.00 e. The van der Waals surface area contributed by atoms with Crippen LogP contribution in [0.5, 0.6) is 17.2 Å². The molecular weight excluding hydrogens is 659 g/mol. The summed E-state index contributed by atoms with van der Waals surface area (Å²) in [6.07, 6.45) is 19.7. The summed E-state index contributed by atoms with van der Waals surface area (Å²) in [5.41, 5.74) is 3.87. The molecule has 0 aromatic heterocycles. The number of para-hydroxylation sites is 3. The van der Waals surface area contributed by atoms with Crippen molar-refractivity contribution in [2.75, 3.05) is 0 Å². The van der Waals surface area contributed by atoms with Crippen molar-refractivity contribution >= 4 is 0 Å². The van der Waals surface area contributed by atoms with E-state index in [-0.39, 0.29) is 43.1 Å². The molecule has 0 spiro atoms. The van der Waals surface area contributed by atoms with Crippen molar-refractivity contribution < 1.29 is 41.2 Å². The van der Waals surface area contributed by atoms with E-state index in [2.05, 4.69) is 44.9 Å². The third-order valence-corrected chi connectivity index (χ3v) is 5.58. The molecule has 40 heavy (non-hydrogen) atoms. The van der Waals surface area contributed by atoms with Gasteiger partial charge in [0.1, 0.15) is 0 Å². The van der Waals surface area contributed by atoms with Crippen molar-refractivity contribution in [2.24, 2.45) is 0 Å². The molecule has 1 aliphatic carbocycles. The van der Waals surface area contributed by atoms with Gasteiger partial charge in [0.25, 0.3) is 0 Å². The zero-order valence-corrected chi connectivity index (χ0v) is 27.2. The molecule has 0 saturated carbocycles. The summed E-state index contributed by atoms with van der Waals surface area (Å²) in [6, 6.07) is 21.0. The molecule has 0 unspecified atom stereocenters. The Labute approximate surface area is 260 Å². The van der Waals surface area contributed by atoms with Gasteiger partial charge in [-0.25, -0.2) is 11.6 Å². The summed E-state index contributed by atoms with van der Waals surface area (Å²) in [7, 11) is 0. The van der Waals surface area contributed by atoms with Crippen molar-refractivity contribution in [1.82, 2.24) is 0 Å². The Balaban J connectivity index is 0.000000503. The smallest absolute Gasteiger partial charge is 0.872 e. The maximum atomic E-state index is 11.0. The van der Waals surface area contributed by atoms with Crippen LogP contribution in [0.1, 0.15) is 49.3 Å². The monoisotopic (exact) mass is 700 g/mol. The van der Waals surface area contributed by atoms with Crippen LogP contribution in [-0.2, 0) is 45.1 Å². The van der Waals surface area contributed by atoms with E-state index < -0.39 is 0 Å². The molecular formula is C36H40HfO3. The maximum absolute atomic E-state index is 11.0. The number of hydrogen-bond acceptors (Lipinski definition) is 3. The molecule has 1 aliphatic rings. The molecule has 206 valence electrons. The largest absolute Gasteiger partial charge is 4.00 e. The molecule has 0 bridgehead atoms. The Morgan fingerprint density at radius 2 is 1.05 bits per heavy atom. The third kappa shape index (κ3) is 15.9. The average molecular weight is 699 g/mol. The minimum Gasteiger partial charge on any atom is -0.872 e. The van der Waals surface area contributed by atoms with Gasteiger partial charge in [-0.3, -0.25) is 6.08 Å². The summed E-state index contributed by atoms with van der Waals surface area (Å²) in [6.45, 7) is 12.9. The predicted molar refractivity (Wildman–Crippen MR) is 159 cm³/mol. The van der Waals surface area contributed by atoms with Crippen LogP contribution >= 0.6 is 0 Å². The zero-order valence-electron chi connectivity index (χ0n) is 23.6. The van der Waals surface area contributed by atoms with E-state index in [0.717, 1.165) is 23.1 Å². The average Bonchev–Trinajstić information content (AvgIpc) is 3.47. The van der Waals surface area contributed by atoms with Crippen LogP contribution in [0, 0.1) is 6.08 Å². The molecule has 4 rings (SSSR count). The van der Waals surface area contributed by atoms with Gasteiger partial charge in [0.15, 0.2) is 0 Å². The van der Waals surface area contributed by atoms with E-state index in [4.69, 9.17) is 0 Å². The molecule has 0 heterocycles. The van der Waals surface area contributed by atoms with Crippen LogP contribution in [0.25, 0.3) is 0 Å². The van der Waals surface area contributed by atoms with Gasteiger partial charge < -0.3 is 15.3 Å². The van der Waals surface area contributed by atoms with Crippen LogP contribution < -0.4 is 15.3 Å². The fourth-order valence-corrected chi connectivity index (χ4v) is 3.47. The molecule has 3 aromatic rings. The Bertz CT molecular complexity index is 1070. The van der Waals surface area contributed by atoms with Crippen LogP contribution in [-0.4, -0.2) is 0 Å². The van der Waals surface area contributed by atoms with E-state index >= 15 is 0 Å². The van der Waals surface area contributed by atoms with Crippen LogP contribution in [0.2, 0.25) is 0 Å². The zero-order chi connectivity index (χ0) is 28.7. The SMILES string of the molecule is C=CCc1ccccc1[O-].C=CCc1ccccc1[O-].C=CCc1ccccc1[O-].CCCCC1=[C-]CC=C1.[Hf+4]. The van der Waals surface area contributed by atoms with Crippen LogP contribution in [0.3, 0.4) is 0 Å². The number of rotatable bonds is 9. The fourth-order valence-electron chi connectivity index (χ4n) is 3.47. The second-order valence-electron chi connectivity index (χ2n) is 8.71. The molecule has 0 atom stereocenters. The Morgan fingerprint density at radius 3 is 1.32 bits per heavy atom. The van der Waals surface area contributed by atoms with Gasteiger partial charge >= 0.3 is 25.8 Å². The number of hydrogen-bond donors (Lipinski definition) is 0. The van der Waals surface area contributed by atoms with Gasteiger partial charge in [-0.05, 0) is 19.3 Å². The Hall–Kier alpha value is -3.37. The fraction of sp³-hybridized carbons (Fsp3) is 0.222. The predicted octanol–water partition coefficient (Wildman–Crippen LogP) is 7.33. The Kier molecular flexibility index (Phi) is 21.5. The first kappa shape index (κ1) is 36.6. The standard InChI is InChI=1S/3C9H10O.C9H13.Hf/c3*1-2-5-8-6-3-4-7-9(8)10;1-2-3-6-9-7-4-5-8-9;/h3*2-4,6-7,10H,1,5H2;4,7H,2-3,5-6H2,1H3;/q;;;-1;+4/p-3. The van der Waals surface area contributed by atoms with Crippen molar-refractivity contribution in [1.29, 1.82) is 0 Å². The van der Waals surface area contributed by atoms with Gasteiger partial charge in [0, 0.05) is 0 Å². The first-order chi connectivity index (χ1) is 19.0. The summed E-state index contributed by atoms with van der Waals surface area (Å²) < 4.78 is 0. The topological polar surface area (TPSA) is 69.2 Å². The van der Waals surface area contributed by atoms with Crippen molar-refractivity contribution in [2.45, 2.75) is 51.9 Å². The molecule has 0 fully saturated rings. The van der Waals surface area contributed by atoms with Crippen LogP contribution in [0.4, 0.5) is 0 Å². The van der Waals surface area contributed by atoms with Gasteiger partial charge in [-0.15, -0.1) is 43.4 Å². The number of unbranched alkanes of at least 4 members (excludes halogenated alkanes) is 1. The molecule has 0 radical (unpaired) electrons. The summed E-state index contributed by atoms with van der Waals surface area (Å²) in [5, 5.41) is 32.9. The van der Waals surface area contributed by atoms with Gasteiger partial charge in [-0.1, -0.05) is 134 Å². The number of allylic oxidation sites excluding steroid dienone is 7. The number of benzene rings is 3.